The number of carbonyl (C=O) groups excluding carboxylic acids is 1. The highest BCUT2D eigenvalue weighted by Gasteiger charge is 2.34. The van der Waals surface area contributed by atoms with Crippen molar-refractivity contribution in [1.82, 2.24) is 9.88 Å². The third kappa shape index (κ3) is 3.12. The Morgan fingerprint density at radius 1 is 1.26 bits per heavy atom. The molecule has 3 rings (SSSR count). The van der Waals surface area contributed by atoms with Gasteiger partial charge >= 0.3 is 5.97 Å². The van der Waals surface area contributed by atoms with Gasteiger partial charge in [-0.15, -0.1) is 11.3 Å². The van der Waals surface area contributed by atoms with E-state index in [0.29, 0.717) is 23.5 Å². The van der Waals surface area contributed by atoms with Crippen LogP contribution in [0.15, 0.2) is 30.3 Å². The summed E-state index contributed by atoms with van der Waals surface area (Å²) in [5.74, 6) is -1.14. The summed E-state index contributed by atoms with van der Waals surface area (Å²) >= 11 is 1.33. The molecule has 2 aromatic rings. The number of hydrogen-bond donors (Lipinski definition) is 1. The number of aromatic nitrogens is 1. The normalized spacial score (nSPS) is 18.0. The molecule has 1 aromatic heterocycles. The molecule has 1 amide bonds. The minimum absolute atomic E-state index is 0.214. The molecule has 0 spiro atoms. The van der Waals surface area contributed by atoms with Crippen LogP contribution in [0.2, 0.25) is 0 Å². The molecular formula is C17H18N2O3S. The summed E-state index contributed by atoms with van der Waals surface area (Å²) in [6.07, 6.45) is 2.21. The second kappa shape index (κ2) is 6.50. The molecule has 1 aliphatic rings. The molecule has 2 heterocycles. The molecule has 5 nitrogen and oxygen atoms in total. The smallest absolute Gasteiger partial charge is 0.326 e. The molecule has 1 aliphatic heterocycles. The Hall–Kier alpha value is -2.21. The average Bonchev–Trinajstić information content (AvgIpc) is 2.97. The van der Waals surface area contributed by atoms with E-state index in [0.717, 1.165) is 23.4 Å². The quantitative estimate of drug-likeness (QED) is 0.938. The van der Waals surface area contributed by atoms with Crippen LogP contribution in [0.1, 0.15) is 34.6 Å². The maximum absolute atomic E-state index is 12.8. The number of nitrogens with zero attached hydrogens (tertiary/aromatic N) is 2. The highest BCUT2D eigenvalue weighted by Crippen LogP contribution is 2.30. The first-order valence-electron chi connectivity index (χ1n) is 7.64. The minimum Gasteiger partial charge on any atom is -0.480 e. The first-order chi connectivity index (χ1) is 11.1. The van der Waals surface area contributed by atoms with Crippen LogP contribution in [0.4, 0.5) is 0 Å². The lowest BCUT2D eigenvalue weighted by Gasteiger charge is -2.32. The number of carbonyl (C=O) groups is 2. The molecule has 1 N–H and O–H groups in total. The van der Waals surface area contributed by atoms with E-state index in [1.165, 1.54) is 16.2 Å². The molecule has 0 radical (unpaired) electrons. The second-order valence-electron chi connectivity index (χ2n) is 5.65. The highest BCUT2D eigenvalue weighted by molar-refractivity contribution is 7.17. The number of hydrogen-bond acceptors (Lipinski definition) is 4. The summed E-state index contributed by atoms with van der Waals surface area (Å²) in [5.41, 5.74) is 1.63. The van der Waals surface area contributed by atoms with Crippen molar-refractivity contribution in [2.75, 3.05) is 6.54 Å². The number of carboxylic acids is 1. The van der Waals surface area contributed by atoms with E-state index in [-0.39, 0.29) is 5.91 Å². The van der Waals surface area contributed by atoms with Gasteiger partial charge in [-0.05, 0) is 26.2 Å². The van der Waals surface area contributed by atoms with Crippen LogP contribution in [0.3, 0.4) is 0 Å². The Bertz CT molecular complexity index is 727. The Labute approximate surface area is 138 Å². The molecule has 0 bridgehead atoms. The molecule has 1 atom stereocenters. The van der Waals surface area contributed by atoms with Gasteiger partial charge in [0.15, 0.2) is 0 Å². The van der Waals surface area contributed by atoms with Crippen molar-refractivity contribution >= 4 is 23.2 Å². The standard InChI is InChI=1S/C17H18N2O3S/c1-11-14(23-15(18-11)12-7-3-2-4-8-12)16(20)19-10-6-5-9-13(19)17(21)22/h2-4,7-8,13H,5-6,9-10H2,1H3,(H,21,22). The van der Waals surface area contributed by atoms with Crippen LogP contribution in [-0.4, -0.2) is 39.5 Å². The molecule has 1 aromatic carbocycles. The van der Waals surface area contributed by atoms with Crippen molar-refractivity contribution in [2.24, 2.45) is 0 Å². The summed E-state index contributed by atoms with van der Waals surface area (Å²) in [5, 5.41) is 10.1. The molecular weight excluding hydrogens is 312 g/mol. The minimum atomic E-state index is -0.927. The van der Waals surface area contributed by atoms with Crippen molar-refractivity contribution in [3.8, 4) is 10.6 Å². The first kappa shape index (κ1) is 15.7. The van der Waals surface area contributed by atoms with E-state index in [1.54, 1.807) is 6.92 Å². The van der Waals surface area contributed by atoms with Gasteiger partial charge in [0.05, 0.1) is 5.69 Å². The fraction of sp³-hybridized carbons (Fsp3) is 0.353. The zero-order chi connectivity index (χ0) is 16.4. The topological polar surface area (TPSA) is 70.5 Å². The number of piperidine rings is 1. The Kier molecular flexibility index (Phi) is 4.43. The second-order valence-corrected chi connectivity index (χ2v) is 6.65. The van der Waals surface area contributed by atoms with E-state index >= 15 is 0 Å². The molecule has 1 saturated heterocycles. The van der Waals surface area contributed by atoms with Gasteiger partial charge in [-0.3, -0.25) is 4.79 Å². The van der Waals surface area contributed by atoms with Crippen molar-refractivity contribution in [2.45, 2.75) is 32.2 Å². The number of aliphatic carboxylic acids is 1. The van der Waals surface area contributed by atoms with Gasteiger partial charge in [0.25, 0.3) is 5.91 Å². The third-order valence-electron chi connectivity index (χ3n) is 4.06. The third-order valence-corrected chi connectivity index (χ3v) is 5.25. The summed E-state index contributed by atoms with van der Waals surface area (Å²) in [4.78, 5) is 30.7. The maximum Gasteiger partial charge on any atom is 0.326 e. The van der Waals surface area contributed by atoms with Gasteiger partial charge in [-0.1, -0.05) is 30.3 Å². The molecule has 1 unspecified atom stereocenters. The van der Waals surface area contributed by atoms with Gasteiger partial charge in [-0.25, -0.2) is 9.78 Å². The Balaban J connectivity index is 1.90. The number of carboxylic acid groups (broad SMARTS) is 1. The number of amides is 1. The van der Waals surface area contributed by atoms with Gasteiger partial charge in [0, 0.05) is 12.1 Å². The van der Waals surface area contributed by atoms with E-state index in [9.17, 15) is 14.7 Å². The van der Waals surface area contributed by atoms with Crippen molar-refractivity contribution < 1.29 is 14.7 Å². The highest BCUT2D eigenvalue weighted by atomic mass is 32.1. The van der Waals surface area contributed by atoms with Crippen LogP contribution in [0.5, 0.6) is 0 Å². The van der Waals surface area contributed by atoms with Crippen molar-refractivity contribution in [3.63, 3.8) is 0 Å². The number of likely N-dealkylation sites (tertiary alicyclic amines) is 1. The number of benzene rings is 1. The summed E-state index contributed by atoms with van der Waals surface area (Å²) in [6.45, 7) is 2.30. The van der Waals surface area contributed by atoms with Crippen molar-refractivity contribution in [3.05, 3.63) is 40.9 Å². The van der Waals surface area contributed by atoms with Gasteiger partial charge in [0.1, 0.15) is 15.9 Å². The Morgan fingerprint density at radius 2 is 2.00 bits per heavy atom. The lowest BCUT2D eigenvalue weighted by atomic mass is 10.0. The maximum atomic E-state index is 12.8. The van der Waals surface area contributed by atoms with Crippen LogP contribution >= 0.6 is 11.3 Å². The van der Waals surface area contributed by atoms with E-state index in [1.807, 2.05) is 30.3 Å². The number of thiazole rings is 1. The molecule has 0 saturated carbocycles. The molecule has 120 valence electrons. The summed E-state index contributed by atoms with van der Waals surface area (Å²) < 4.78 is 0. The lowest BCUT2D eigenvalue weighted by molar-refractivity contribution is -0.143. The van der Waals surface area contributed by atoms with Crippen LogP contribution < -0.4 is 0 Å². The zero-order valence-corrected chi connectivity index (χ0v) is 13.7. The molecule has 6 heteroatoms. The lowest BCUT2D eigenvalue weighted by Crippen LogP contribution is -2.47. The summed E-state index contributed by atoms with van der Waals surface area (Å²) in [7, 11) is 0. The first-order valence-corrected chi connectivity index (χ1v) is 8.46. The van der Waals surface area contributed by atoms with E-state index < -0.39 is 12.0 Å². The largest absolute Gasteiger partial charge is 0.480 e. The van der Waals surface area contributed by atoms with Gasteiger partial charge in [-0.2, -0.15) is 0 Å². The number of aryl methyl sites for hydroxylation is 1. The molecule has 23 heavy (non-hydrogen) atoms. The van der Waals surface area contributed by atoms with Gasteiger partial charge in [0.2, 0.25) is 0 Å². The van der Waals surface area contributed by atoms with Crippen LogP contribution in [0.25, 0.3) is 10.6 Å². The average molecular weight is 330 g/mol. The molecule has 0 aliphatic carbocycles. The fourth-order valence-corrected chi connectivity index (χ4v) is 3.89. The van der Waals surface area contributed by atoms with E-state index in [4.69, 9.17) is 0 Å². The van der Waals surface area contributed by atoms with Crippen LogP contribution in [-0.2, 0) is 4.79 Å². The monoisotopic (exact) mass is 330 g/mol. The molecule has 1 fully saturated rings. The predicted molar refractivity (Wildman–Crippen MR) is 88.6 cm³/mol. The van der Waals surface area contributed by atoms with Gasteiger partial charge < -0.3 is 10.0 Å². The zero-order valence-electron chi connectivity index (χ0n) is 12.9. The Morgan fingerprint density at radius 3 is 2.70 bits per heavy atom. The predicted octanol–water partition coefficient (Wildman–Crippen LogP) is 3.20. The van der Waals surface area contributed by atoms with E-state index in [2.05, 4.69) is 4.98 Å². The summed E-state index contributed by atoms with van der Waals surface area (Å²) in [6, 6.07) is 8.97. The van der Waals surface area contributed by atoms with Crippen molar-refractivity contribution in [1.29, 1.82) is 0 Å². The number of rotatable bonds is 3. The SMILES string of the molecule is Cc1nc(-c2ccccc2)sc1C(=O)N1CCCCC1C(=O)O. The fourth-order valence-electron chi connectivity index (χ4n) is 2.86. The van der Waals surface area contributed by atoms with Crippen LogP contribution in [0, 0.1) is 6.92 Å².